The Balaban J connectivity index is 0.00000162. The van der Waals surface area contributed by atoms with Gasteiger partial charge in [0.05, 0.1) is 6.54 Å². The van der Waals surface area contributed by atoms with Crippen molar-refractivity contribution >= 4 is 18.3 Å². The van der Waals surface area contributed by atoms with Crippen molar-refractivity contribution in [1.82, 2.24) is 15.1 Å². The summed E-state index contributed by atoms with van der Waals surface area (Å²) < 4.78 is 0. The Hall–Kier alpha value is -0.320. The Kier molecular flexibility index (Phi) is 6.97. The quantitative estimate of drug-likeness (QED) is 0.835. The van der Waals surface area contributed by atoms with Gasteiger partial charge in [-0.25, -0.2) is 0 Å². The van der Waals surface area contributed by atoms with Crippen LogP contribution in [0.15, 0.2) is 0 Å². The minimum atomic E-state index is 0. The topological polar surface area (TPSA) is 35.6 Å². The van der Waals surface area contributed by atoms with Crippen LogP contribution in [0, 0.1) is 0 Å². The summed E-state index contributed by atoms with van der Waals surface area (Å²) in [7, 11) is 1.84. The summed E-state index contributed by atoms with van der Waals surface area (Å²) in [5, 5.41) is 2.96. The summed E-state index contributed by atoms with van der Waals surface area (Å²) in [5.74, 6) is 0.270. The fraction of sp³-hybridized carbons (Fsp3) is 0.923. The molecule has 0 aromatic rings. The monoisotopic (exact) mass is 275 g/mol. The van der Waals surface area contributed by atoms with Crippen LogP contribution < -0.4 is 5.32 Å². The molecule has 0 radical (unpaired) electrons. The maximum atomic E-state index is 11.9. The number of halogens is 1. The molecular weight excluding hydrogens is 250 g/mol. The standard InChI is InChI=1S/C13H25N3O.ClH/c1-14-10-13(17)16-9-5-6-12(16)11-15-7-3-2-4-8-15;/h12,14H,2-11H2,1H3;1H. The molecule has 2 aliphatic rings. The van der Waals surface area contributed by atoms with Gasteiger partial charge in [-0.2, -0.15) is 0 Å². The van der Waals surface area contributed by atoms with Gasteiger partial charge in [0.15, 0.2) is 0 Å². The van der Waals surface area contributed by atoms with Gasteiger partial charge in [-0.05, 0) is 45.8 Å². The van der Waals surface area contributed by atoms with E-state index in [4.69, 9.17) is 0 Å². The first kappa shape index (κ1) is 15.7. The third kappa shape index (κ3) is 4.11. The van der Waals surface area contributed by atoms with E-state index in [0.717, 1.165) is 13.1 Å². The molecular formula is C13H26ClN3O. The third-order valence-electron chi connectivity index (χ3n) is 3.94. The number of rotatable bonds is 4. The second-order valence-electron chi connectivity index (χ2n) is 5.27. The highest BCUT2D eigenvalue weighted by Crippen LogP contribution is 2.20. The molecule has 0 saturated carbocycles. The van der Waals surface area contributed by atoms with Crippen molar-refractivity contribution in [2.45, 2.75) is 38.1 Å². The van der Waals surface area contributed by atoms with Crippen molar-refractivity contribution in [2.24, 2.45) is 0 Å². The largest absolute Gasteiger partial charge is 0.337 e. The van der Waals surface area contributed by atoms with Crippen molar-refractivity contribution in [1.29, 1.82) is 0 Å². The Morgan fingerprint density at radius 1 is 1.17 bits per heavy atom. The number of piperidine rings is 1. The van der Waals surface area contributed by atoms with Crippen molar-refractivity contribution in [3.05, 3.63) is 0 Å². The van der Waals surface area contributed by atoms with Gasteiger partial charge >= 0.3 is 0 Å². The molecule has 1 atom stereocenters. The lowest BCUT2D eigenvalue weighted by Crippen LogP contribution is -2.46. The van der Waals surface area contributed by atoms with Gasteiger partial charge in [-0.3, -0.25) is 4.79 Å². The van der Waals surface area contributed by atoms with E-state index in [-0.39, 0.29) is 18.3 Å². The molecule has 1 unspecified atom stereocenters. The first-order chi connectivity index (χ1) is 8.31. The van der Waals surface area contributed by atoms with Crippen LogP contribution in [0.3, 0.4) is 0 Å². The lowest BCUT2D eigenvalue weighted by Gasteiger charge is -2.33. The number of carbonyl (C=O) groups is 1. The summed E-state index contributed by atoms with van der Waals surface area (Å²) in [6.07, 6.45) is 6.40. The van der Waals surface area contributed by atoms with Crippen LogP contribution in [-0.4, -0.2) is 61.5 Å². The second kappa shape index (κ2) is 7.97. The second-order valence-corrected chi connectivity index (χ2v) is 5.27. The number of likely N-dealkylation sites (tertiary alicyclic amines) is 2. The molecule has 2 heterocycles. The minimum absolute atomic E-state index is 0. The molecule has 4 nitrogen and oxygen atoms in total. The summed E-state index contributed by atoms with van der Waals surface area (Å²) in [6.45, 7) is 4.99. The van der Waals surface area contributed by atoms with E-state index in [2.05, 4.69) is 15.1 Å². The van der Waals surface area contributed by atoms with Crippen LogP contribution in [-0.2, 0) is 4.79 Å². The van der Waals surface area contributed by atoms with Crippen LogP contribution in [0.4, 0.5) is 0 Å². The molecule has 0 spiro atoms. The number of nitrogens with zero attached hydrogens (tertiary/aromatic N) is 2. The summed E-state index contributed by atoms with van der Waals surface area (Å²) in [6, 6.07) is 0.467. The van der Waals surface area contributed by atoms with Crippen LogP contribution in [0.1, 0.15) is 32.1 Å². The fourth-order valence-electron chi connectivity index (χ4n) is 3.05. The molecule has 2 saturated heterocycles. The lowest BCUT2D eigenvalue weighted by molar-refractivity contribution is -0.131. The van der Waals surface area contributed by atoms with E-state index in [9.17, 15) is 4.79 Å². The lowest BCUT2D eigenvalue weighted by atomic mass is 10.1. The van der Waals surface area contributed by atoms with E-state index in [1.54, 1.807) is 0 Å². The smallest absolute Gasteiger partial charge is 0.236 e. The highest BCUT2D eigenvalue weighted by Gasteiger charge is 2.29. The SMILES string of the molecule is CNCC(=O)N1CCCC1CN1CCCCC1.Cl. The summed E-state index contributed by atoms with van der Waals surface area (Å²) in [5.41, 5.74) is 0. The Bertz CT molecular complexity index is 257. The van der Waals surface area contributed by atoms with E-state index in [1.807, 2.05) is 7.05 Å². The van der Waals surface area contributed by atoms with Crippen LogP contribution in [0.2, 0.25) is 0 Å². The van der Waals surface area contributed by atoms with Gasteiger partial charge in [0.25, 0.3) is 0 Å². The first-order valence-electron chi connectivity index (χ1n) is 6.97. The van der Waals surface area contributed by atoms with Gasteiger partial charge in [0.1, 0.15) is 0 Å². The Labute approximate surface area is 116 Å². The number of amides is 1. The average Bonchev–Trinajstić information content (AvgIpc) is 2.79. The van der Waals surface area contributed by atoms with Crippen LogP contribution >= 0.6 is 12.4 Å². The van der Waals surface area contributed by atoms with Crippen molar-refractivity contribution in [3.63, 3.8) is 0 Å². The van der Waals surface area contributed by atoms with E-state index >= 15 is 0 Å². The van der Waals surface area contributed by atoms with Crippen LogP contribution in [0.25, 0.3) is 0 Å². The zero-order valence-corrected chi connectivity index (χ0v) is 12.2. The Morgan fingerprint density at radius 2 is 1.89 bits per heavy atom. The molecule has 0 bridgehead atoms. The molecule has 0 aliphatic carbocycles. The van der Waals surface area contributed by atoms with E-state index < -0.39 is 0 Å². The third-order valence-corrected chi connectivity index (χ3v) is 3.94. The Morgan fingerprint density at radius 3 is 2.56 bits per heavy atom. The number of hydrogen-bond acceptors (Lipinski definition) is 3. The van der Waals surface area contributed by atoms with Gasteiger partial charge < -0.3 is 15.1 Å². The molecule has 2 rings (SSSR count). The zero-order valence-electron chi connectivity index (χ0n) is 11.4. The zero-order chi connectivity index (χ0) is 12.1. The van der Waals surface area contributed by atoms with Gasteiger partial charge in [-0.1, -0.05) is 6.42 Å². The molecule has 1 N–H and O–H groups in total. The van der Waals surface area contributed by atoms with Crippen LogP contribution in [0.5, 0.6) is 0 Å². The highest BCUT2D eigenvalue weighted by molar-refractivity contribution is 5.85. The molecule has 18 heavy (non-hydrogen) atoms. The first-order valence-corrected chi connectivity index (χ1v) is 6.97. The molecule has 2 fully saturated rings. The molecule has 106 valence electrons. The maximum absolute atomic E-state index is 11.9. The molecule has 0 aromatic carbocycles. The number of likely N-dealkylation sites (N-methyl/N-ethyl adjacent to an activating group) is 1. The van der Waals surface area contributed by atoms with E-state index in [0.29, 0.717) is 12.6 Å². The van der Waals surface area contributed by atoms with Gasteiger partial charge in [0, 0.05) is 19.1 Å². The molecule has 0 aromatic heterocycles. The van der Waals surface area contributed by atoms with E-state index in [1.165, 1.54) is 45.2 Å². The minimum Gasteiger partial charge on any atom is -0.337 e. The fourth-order valence-corrected chi connectivity index (χ4v) is 3.05. The van der Waals surface area contributed by atoms with Crippen molar-refractivity contribution in [3.8, 4) is 0 Å². The number of nitrogens with one attached hydrogen (secondary N) is 1. The normalized spacial score (nSPS) is 24.9. The summed E-state index contributed by atoms with van der Waals surface area (Å²) >= 11 is 0. The predicted octanol–water partition coefficient (Wildman–Crippen LogP) is 1.10. The predicted molar refractivity (Wildman–Crippen MR) is 76.2 cm³/mol. The van der Waals surface area contributed by atoms with Crippen molar-refractivity contribution in [2.75, 3.05) is 39.8 Å². The summed E-state index contributed by atoms with van der Waals surface area (Å²) in [4.78, 5) is 16.6. The molecule has 5 heteroatoms. The number of hydrogen-bond donors (Lipinski definition) is 1. The number of carbonyl (C=O) groups excluding carboxylic acids is 1. The molecule has 1 amide bonds. The van der Waals surface area contributed by atoms with Crippen molar-refractivity contribution < 1.29 is 4.79 Å². The van der Waals surface area contributed by atoms with Gasteiger partial charge in [-0.15, -0.1) is 12.4 Å². The molecule has 2 aliphatic heterocycles. The maximum Gasteiger partial charge on any atom is 0.236 e. The highest BCUT2D eigenvalue weighted by atomic mass is 35.5. The average molecular weight is 276 g/mol. The van der Waals surface area contributed by atoms with Gasteiger partial charge in [0.2, 0.25) is 5.91 Å².